The molecule has 1 aliphatic heterocycles. The van der Waals surface area contributed by atoms with Gasteiger partial charge in [-0.05, 0) is 118 Å². The number of nitrogens with zero attached hydrogens (tertiary/aromatic N) is 1. The molecule has 4 aromatic carbocycles. The zero-order chi connectivity index (χ0) is 26.9. The van der Waals surface area contributed by atoms with Crippen LogP contribution >= 0.6 is 15.9 Å². The van der Waals surface area contributed by atoms with E-state index in [2.05, 4.69) is 81.5 Å². The Morgan fingerprint density at radius 2 is 1.56 bits per heavy atom. The van der Waals surface area contributed by atoms with Gasteiger partial charge in [0.25, 0.3) is 0 Å². The van der Waals surface area contributed by atoms with Crippen molar-refractivity contribution in [1.82, 2.24) is 4.90 Å². The number of hydrogen-bond donors (Lipinski definition) is 0. The summed E-state index contributed by atoms with van der Waals surface area (Å²) in [4.78, 5) is 15.6. The smallest absolute Gasteiger partial charge is 0.137 e. The van der Waals surface area contributed by atoms with E-state index in [0.717, 1.165) is 48.4 Å². The molecule has 0 aromatic heterocycles. The highest BCUT2D eigenvalue weighted by atomic mass is 79.9. The number of fused-ring (bicyclic) bond motifs is 5. The molecule has 4 nitrogen and oxygen atoms in total. The van der Waals surface area contributed by atoms with Crippen LogP contribution in [0.3, 0.4) is 0 Å². The largest absolute Gasteiger partial charge is 0.493 e. The van der Waals surface area contributed by atoms with Gasteiger partial charge in [-0.2, -0.15) is 0 Å². The van der Waals surface area contributed by atoms with Crippen LogP contribution in [0.25, 0.3) is 21.5 Å². The molecule has 1 saturated heterocycles. The molecule has 0 saturated carbocycles. The standard InChI is InChI=1S/C34H36BrNO3/c1-3-38-32-17-22(18-33(34(32)35)39-4-2)21-36-15-13-24(14-16-36)30-19-25(37)20-31-28-10-9-23-7-5-6-8-26(23)27(28)11-12-29(30)31/h5-12,17-18,24,30H,3-4,13-16,19-21H2,1-2H3. The van der Waals surface area contributed by atoms with Crippen molar-refractivity contribution in [2.24, 2.45) is 5.92 Å². The van der Waals surface area contributed by atoms with E-state index in [4.69, 9.17) is 9.47 Å². The van der Waals surface area contributed by atoms with Crippen molar-refractivity contribution in [1.29, 1.82) is 0 Å². The van der Waals surface area contributed by atoms with Gasteiger partial charge in [-0.15, -0.1) is 0 Å². The topological polar surface area (TPSA) is 38.8 Å². The van der Waals surface area contributed by atoms with E-state index in [1.165, 1.54) is 38.2 Å². The maximum absolute atomic E-state index is 13.1. The third-order valence-corrected chi connectivity index (χ3v) is 9.35. The van der Waals surface area contributed by atoms with Gasteiger partial charge in [-0.1, -0.05) is 48.5 Å². The fraction of sp³-hybridized carbons (Fsp3) is 0.382. The average Bonchev–Trinajstić information content (AvgIpc) is 2.95. The Kier molecular flexibility index (Phi) is 7.64. The number of Topliss-reactive ketones (excluding diaryl/α,β-unsaturated/α-hetero) is 1. The molecule has 1 aliphatic carbocycles. The lowest BCUT2D eigenvalue weighted by molar-refractivity contribution is -0.119. The molecule has 0 spiro atoms. The van der Waals surface area contributed by atoms with Crippen LogP contribution in [-0.2, 0) is 17.8 Å². The Labute approximate surface area is 239 Å². The number of ether oxygens (including phenoxy) is 2. The molecule has 5 heteroatoms. The van der Waals surface area contributed by atoms with E-state index >= 15 is 0 Å². The highest BCUT2D eigenvalue weighted by molar-refractivity contribution is 9.10. The molecule has 2 aliphatic rings. The van der Waals surface area contributed by atoms with Gasteiger partial charge in [0.2, 0.25) is 0 Å². The number of benzene rings is 4. The number of rotatable bonds is 7. The third kappa shape index (κ3) is 5.19. The Hall–Kier alpha value is -2.89. The second-order valence-electron chi connectivity index (χ2n) is 10.9. The molecule has 1 fully saturated rings. The predicted molar refractivity (Wildman–Crippen MR) is 162 cm³/mol. The predicted octanol–water partition coefficient (Wildman–Crippen LogP) is 8.06. The van der Waals surface area contributed by atoms with Gasteiger partial charge in [0.15, 0.2) is 0 Å². The second-order valence-corrected chi connectivity index (χ2v) is 11.7. The minimum Gasteiger partial charge on any atom is -0.493 e. The summed E-state index contributed by atoms with van der Waals surface area (Å²) in [6, 6.07) is 21.9. The van der Waals surface area contributed by atoms with Gasteiger partial charge in [0, 0.05) is 19.4 Å². The van der Waals surface area contributed by atoms with Crippen LogP contribution in [0.5, 0.6) is 11.5 Å². The SMILES string of the molecule is CCOc1cc(CN2CCC(C3CC(=O)Cc4c3ccc3c4ccc4ccccc43)CC2)cc(OCC)c1Br. The Morgan fingerprint density at radius 3 is 2.28 bits per heavy atom. The summed E-state index contributed by atoms with van der Waals surface area (Å²) >= 11 is 3.65. The average molecular weight is 587 g/mol. The second kappa shape index (κ2) is 11.3. The molecule has 39 heavy (non-hydrogen) atoms. The first-order chi connectivity index (χ1) is 19.1. The fourth-order valence-corrected chi connectivity index (χ4v) is 7.23. The minimum absolute atomic E-state index is 0.320. The van der Waals surface area contributed by atoms with Crippen molar-refractivity contribution in [3.05, 3.63) is 81.8 Å². The summed E-state index contributed by atoms with van der Waals surface area (Å²) in [6.07, 6.45) is 3.47. The van der Waals surface area contributed by atoms with Crippen LogP contribution in [0.1, 0.15) is 55.7 Å². The Balaban J connectivity index is 1.21. The maximum atomic E-state index is 13.1. The summed E-state index contributed by atoms with van der Waals surface area (Å²) in [5.74, 6) is 2.92. The molecule has 0 bridgehead atoms. The number of hydrogen-bond acceptors (Lipinski definition) is 4. The van der Waals surface area contributed by atoms with Gasteiger partial charge in [0.05, 0.1) is 13.2 Å². The number of likely N-dealkylation sites (tertiary alicyclic amines) is 1. The van der Waals surface area contributed by atoms with Gasteiger partial charge in [0.1, 0.15) is 21.8 Å². The van der Waals surface area contributed by atoms with Crippen LogP contribution in [0.15, 0.2) is 65.1 Å². The number of halogens is 1. The molecule has 4 aromatic rings. The molecule has 1 atom stereocenters. The van der Waals surface area contributed by atoms with Gasteiger partial charge in [-0.3, -0.25) is 9.69 Å². The van der Waals surface area contributed by atoms with Gasteiger partial charge in [-0.25, -0.2) is 0 Å². The van der Waals surface area contributed by atoms with Crippen molar-refractivity contribution in [3.63, 3.8) is 0 Å². The quantitative estimate of drug-likeness (QED) is 0.205. The van der Waals surface area contributed by atoms with Crippen molar-refractivity contribution in [2.75, 3.05) is 26.3 Å². The van der Waals surface area contributed by atoms with E-state index in [-0.39, 0.29) is 0 Å². The number of piperidine rings is 1. The van der Waals surface area contributed by atoms with E-state index in [1.54, 1.807) is 0 Å². The molecular formula is C34H36BrNO3. The van der Waals surface area contributed by atoms with Crippen molar-refractivity contribution < 1.29 is 14.3 Å². The monoisotopic (exact) mass is 585 g/mol. The number of carbonyl (C=O) groups excluding carboxylic acids is 1. The highest BCUT2D eigenvalue weighted by Gasteiger charge is 2.34. The van der Waals surface area contributed by atoms with Crippen LogP contribution in [0.4, 0.5) is 0 Å². The van der Waals surface area contributed by atoms with Gasteiger partial charge < -0.3 is 9.47 Å². The lowest BCUT2D eigenvalue weighted by Crippen LogP contribution is -2.36. The van der Waals surface area contributed by atoms with E-state index < -0.39 is 0 Å². The molecule has 1 heterocycles. The molecule has 0 radical (unpaired) electrons. The molecule has 1 unspecified atom stereocenters. The number of ketones is 1. The first kappa shape index (κ1) is 26.3. The lowest BCUT2D eigenvalue weighted by atomic mass is 9.71. The van der Waals surface area contributed by atoms with Crippen molar-refractivity contribution in [3.8, 4) is 11.5 Å². The normalized spacial score (nSPS) is 18.4. The van der Waals surface area contributed by atoms with Crippen molar-refractivity contribution >= 4 is 43.3 Å². The van der Waals surface area contributed by atoms with Crippen LogP contribution < -0.4 is 9.47 Å². The molecule has 6 rings (SSSR count). The summed E-state index contributed by atoms with van der Waals surface area (Å²) in [5.41, 5.74) is 3.88. The van der Waals surface area contributed by atoms with E-state index in [1.807, 2.05) is 13.8 Å². The Bertz CT molecular complexity index is 1500. The third-order valence-electron chi connectivity index (χ3n) is 8.57. The van der Waals surface area contributed by atoms with Crippen LogP contribution in [0.2, 0.25) is 0 Å². The van der Waals surface area contributed by atoms with Crippen LogP contribution in [0, 0.1) is 5.92 Å². The molecule has 0 amide bonds. The first-order valence-electron chi connectivity index (χ1n) is 14.3. The first-order valence-corrected chi connectivity index (χ1v) is 15.1. The van der Waals surface area contributed by atoms with E-state index in [9.17, 15) is 4.79 Å². The summed E-state index contributed by atoms with van der Waals surface area (Å²) < 4.78 is 12.6. The summed E-state index contributed by atoms with van der Waals surface area (Å²) in [6.45, 7) is 8.18. The van der Waals surface area contributed by atoms with E-state index in [0.29, 0.717) is 43.7 Å². The minimum atomic E-state index is 0.320. The zero-order valence-electron chi connectivity index (χ0n) is 22.8. The summed E-state index contributed by atoms with van der Waals surface area (Å²) in [5, 5.41) is 5.05. The van der Waals surface area contributed by atoms with Crippen molar-refractivity contribution in [2.45, 2.75) is 52.0 Å². The highest BCUT2D eigenvalue weighted by Crippen LogP contribution is 2.44. The van der Waals surface area contributed by atoms with Gasteiger partial charge >= 0.3 is 0 Å². The summed E-state index contributed by atoms with van der Waals surface area (Å²) in [7, 11) is 0. The molecule has 0 N–H and O–H groups in total. The maximum Gasteiger partial charge on any atom is 0.137 e. The molecular weight excluding hydrogens is 550 g/mol. The molecule has 202 valence electrons. The fourth-order valence-electron chi connectivity index (χ4n) is 6.77. The Morgan fingerprint density at radius 1 is 0.872 bits per heavy atom. The van der Waals surface area contributed by atoms with Crippen LogP contribution in [-0.4, -0.2) is 37.0 Å². The zero-order valence-corrected chi connectivity index (χ0v) is 24.4. The lowest BCUT2D eigenvalue weighted by Gasteiger charge is -2.38. The number of carbonyl (C=O) groups is 1.